The third-order valence-corrected chi connectivity index (χ3v) is 3.20. The van der Waals surface area contributed by atoms with Gasteiger partial charge in [-0.3, -0.25) is 4.79 Å². The second kappa shape index (κ2) is 5.66. The van der Waals surface area contributed by atoms with Gasteiger partial charge in [-0.15, -0.1) is 0 Å². The van der Waals surface area contributed by atoms with Gasteiger partial charge in [0.25, 0.3) is 0 Å². The average molecular weight is 250 g/mol. The van der Waals surface area contributed by atoms with Gasteiger partial charge in [0.05, 0.1) is 13.0 Å². The highest BCUT2D eigenvalue weighted by Crippen LogP contribution is 2.23. The van der Waals surface area contributed by atoms with E-state index < -0.39 is 0 Å². The molecule has 1 aromatic heterocycles. The molecule has 0 radical (unpaired) electrons. The summed E-state index contributed by atoms with van der Waals surface area (Å²) in [6.45, 7) is 1.60. The van der Waals surface area contributed by atoms with Crippen LogP contribution in [0, 0.1) is 5.92 Å². The molecule has 1 aliphatic heterocycles. The fourth-order valence-electron chi connectivity index (χ4n) is 2.22. The van der Waals surface area contributed by atoms with Crippen molar-refractivity contribution in [3.05, 3.63) is 12.4 Å². The number of hydrogen-bond donors (Lipinski definition) is 1. The highest BCUT2D eigenvalue weighted by molar-refractivity contribution is 5.79. The van der Waals surface area contributed by atoms with Crippen LogP contribution in [0.5, 0.6) is 5.88 Å². The lowest BCUT2D eigenvalue weighted by atomic mass is 9.97. The number of amides is 1. The van der Waals surface area contributed by atoms with Crippen LogP contribution in [0.3, 0.4) is 0 Å². The number of aromatic nitrogens is 2. The lowest BCUT2D eigenvalue weighted by molar-refractivity contribution is -0.124. The lowest BCUT2D eigenvalue weighted by Crippen LogP contribution is -2.42. The first kappa shape index (κ1) is 12.6. The summed E-state index contributed by atoms with van der Waals surface area (Å²) in [5.74, 6) is 1.49. The Labute approximate surface area is 106 Å². The molecule has 0 aliphatic carbocycles. The van der Waals surface area contributed by atoms with Crippen LogP contribution < -0.4 is 15.0 Å². The van der Waals surface area contributed by atoms with E-state index in [1.807, 2.05) is 0 Å². The molecule has 1 unspecified atom stereocenters. The smallest absolute Gasteiger partial charge is 0.224 e. The summed E-state index contributed by atoms with van der Waals surface area (Å²) in [5.41, 5.74) is 0. The van der Waals surface area contributed by atoms with E-state index in [-0.39, 0.29) is 11.8 Å². The molecule has 1 aromatic rings. The van der Waals surface area contributed by atoms with Gasteiger partial charge in [0.1, 0.15) is 12.1 Å². The normalized spacial score (nSPS) is 19.4. The van der Waals surface area contributed by atoms with Crippen molar-refractivity contribution < 1.29 is 9.53 Å². The standard InChI is InChI=1S/C12H18N4O2/c1-13-12(17)9-4-3-5-16(7-9)10-6-11(18-2)15-8-14-10/h6,8-9H,3-5,7H2,1-2H3,(H,13,17). The molecule has 0 bridgehead atoms. The van der Waals surface area contributed by atoms with Crippen LogP contribution in [0.15, 0.2) is 12.4 Å². The van der Waals surface area contributed by atoms with Crippen molar-refractivity contribution in [2.45, 2.75) is 12.8 Å². The minimum Gasteiger partial charge on any atom is -0.481 e. The maximum Gasteiger partial charge on any atom is 0.224 e. The van der Waals surface area contributed by atoms with Crippen LogP contribution in [0.1, 0.15) is 12.8 Å². The predicted molar refractivity (Wildman–Crippen MR) is 67.6 cm³/mol. The van der Waals surface area contributed by atoms with Crippen molar-refractivity contribution in [2.75, 3.05) is 32.1 Å². The summed E-state index contributed by atoms with van der Waals surface area (Å²) in [6.07, 6.45) is 3.40. The Kier molecular flexibility index (Phi) is 3.96. The summed E-state index contributed by atoms with van der Waals surface area (Å²) in [6, 6.07) is 1.80. The SMILES string of the molecule is CNC(=O)C1CCCN(c2cc(OC)ncn2)C1. The molecule has 6 nitrogen and oxygen atoms in total. The zero-order valence-corrected chi connectivity index (χ0v) is 10.7. The topological polar surface area (TPSA) is 67.4 Å². The molecule has 0 spiro atoms. The van der Waals surface area contributed by atoms with Gasteiger partial charge in [-0.2, -0.15) is 0 Å². The number of nitrogens with one attached hydrogen (secondary N) is 1. The molecule has 6 heteroatoms. The molecule has 0 aromatic carbocycles. The molecule has 18 heavy (non-hydrogen) atoms. The first-order valence-electron chi connectivity index (χ1n) is 6.07. The fourth-order valence-corrected chi connectivity index (χ4v) is 2.22. The molecule has 1 fully saturated rings. The monoisotopic (exact) mass is 250 g/mol. The Morgan fingerprint density at radius 1 is 1.56 bits per heavy atom. The minimum absolute atomic E-state index is 0.0321. The number of rotatable bonds is 3. The van der Waals surface area contributed by atoms with Gasteiger partial charge in [-0.1, -0.05) is 0 Å². The summed E-state index contributed by atoms with van der Waals surface area (Å²) < 4.78 is 5.08. The van der Waals surface area contributed by atoms with Gasteiger partial charge >= 0.3 is 0 Å². The molecule has 1 saturated heterocycles. The quantitative estimate of drug-likeness (QED) is 0.843. The van der Waals surface area contributed by atoms with E-state index in [9.17, 15) is 4.79 Å². The number of carbonyl (C=O) groups is 1. The highest BCUT2D eigenvalue weighted by Gasteiger charge is 2.25. The van der Waals surface area contributed by atoms with Crippen LogP contribution in [-0.2, 0) is 4.79 Å². The Morgan fingerprint density at radius 3 is 3.11 bits per heavy atom. The van der Waals surface area contributed by atoms with Crippen molar-refractivity contribution in [2.24, 2.45) is 5.92 Å². The summed E-state index contributed by atoms with van der Waals surface area (Å²) in [5, 5.41) is 2.71. The van der Waals surface area contributed by atoms with Crippen molar-refractivity contribution in [3.8, 4) is 5.88 Å². The van der Waals surface area contributed by atoms with Crippen molar-refractivity contribution in [1.82, 2.24) is 15.3 Å². The number of piperidine rings is 1. The first-order valence-corrected chi connectivity index (χ1v) is 6.07. The molecule has 2 rings (SSSR count). The van der Waals surface area contributed by atoms with Gasteiger partial charge in [0.15, 0.2) is 0 Å². The molecule has 2 heterocycles. The van der Waals surface area contributed by atoms with E-state index in [0.717, 1.165) is 25.2 Å². The molecule has 98 valence electrons. The Balaban J connectivity index is 2.10. The third-order valence-electron chi connectivity index (χ3n) is 3.20. The van der Waals surface area contributed by atoms with Crippen molar-refractivity contribution >= 4 is 11.7 Å². The molecular formula is C12H18N4O2. The largest absolute Gasteiger partial charge is 0.481 e. The Morgan fingerprint density at radius 2 is 2.39 bits per heavy atom. The molecule has 1 atom stereocenters. The van der Waals surface area contributed by atoms with E-state index >= 15 is 0 Å². The number of nitrogens with zero attached hydrogens (tertiary/aromatic N) is 3. The zero-order chi connectivity index (χ0) is 13.0. The van der Waals surface area contributed by atoms with E-state index in [4.69, 9.17) is 4.74 Å². The molecule has 1 aliphatic rings. The molecule has 1 amide bonds. The van der Waals surface area contributed by atoms with Gasteiger partial charge in [-0.05, 0) is 12.8 Å². The predicted octanol–water partition coefficient (Wildman–Crippen LogP) is 0.448. The van der Waals surface area contributed by atoms with Crippen LogP contribution in [-0.4, -0.2) is 43.1 Å². The molecule has 1 N–H and O–H groups in total. The van der Waals surface area contributed by atoms with Crippen LogP contribution >= 0.6 is 0 Å². The number of methoxy groups -OCH3 is 1. The number of anilines is 1. The van der Waals surface area contributed by atoms with Crippen molar-refractivity contribution in [3.63, 3.8) is 0 Å². The molecule has 0 saturated carbocycles. The summed E-state index contributed by atoms with van der Waals surface area (Å²) in [7, 11) is 3.25. The van der Waals surface area contributed by atoms with Gasteiger partial charge in [0, 0.05) is 26.2 Å². The minimum atomic E-state index is 0.0321. The van der Waals surface area contributed by atoms with Gasteiger partial charge in [-0.25, -0.2) is 9.97 Å². The maximum absolute atomic E-state index is 11.7. The third kappa shape index (κ3) is 2.69. The Hall–Kier alpha value is -1.85. The van der Waals surface area contributed by atoms with Crippen molar-refractivity contribution in [1.29, 1.82) is 0 Å². The summed E-state index contributed by atoms with van der Waals surface area (Å²) >= 11 is 0. The van der Waals surface area contributed by atoms with E-state index in [2.05, 4.69) is 20.2 Å². The Bertz CT molecular complexity index is 424. The van der Waals surface area contributed by atoms with Crippen LogP contribution in [0.4, 0.5) is 5.82 Å². The number of carbonyl (C=O) groups excluding carboxylic acids is 1. The fraction of sp³-hybridized carbons (Fsp3) is 0.583. The average Bonchev–Trinajstić information content (AvgIpc) is 2.46. The lowest BCUT2D eigenvalue weighted by Gasteiger charge is -2.32. The molecular weight excluding hydrogens is 232 g/mol. The first-order chi connectivity index (χ1) is 8.74. The van der Waals surface area contributed by atoms with E-state index in [1.54, 1.807) is 20.2 Å². The summed E-state index contributed by atoms with van der Waals surface area (Å²) in [4.78, 5) is 22.0. The highest BCUT2D eigenvalue weighted by atomic mass is 16.5. The number of ether oxygens (including phenoxy) is 1. The van der Waals surface area contributed by atoms with Gasteiger partial charge in [0.2, 0.25) is 11.8 Å². The van der Waals surface area contributed by atoms with E-state index in [0.29, 0.717) is 12.4 Å². The van der Waals surface area contributed by atoms with Crippen LogP contribution in [0.2, 0.25) is 0 Å². The zero-order valence-electron chi connectivity index (χ0n) is 10.7. The number of hydrogen-bond acceptors (Lipinski definition) is 5. The maximum atomic E-state index is 11.7. The second-order valence-electron chi connectivity index (χ2n) is 4.32. The van der Waals surface area contributed by atoms with Gasteiger partial charge < -0.3 is 15.0 Å². The van der Waals surface area contributed by atoms with E-state index in [1.165, 1.54) is 6.33 Å². The second-order valence-corrected chi connectivity index (χ2v) is 4.32. The van der Waals surface area contributed by atoms with Crippen LogP contribution in [0.25, 0.3) is 0 Å².